The van der Waals surface area contributed by atoms with Crippen LogP contribution in [0.4, 0.5) is 5.69 Å². The van der Waals surface area contributed by atoms with Gasteiger partial charge in [-0.3, -0.25) is 4.68 Å². The third-order valence-corrected chi connectivity index (χ3v) is 2.67. The minimum atomic E-state index is 0.534. The molecule has 0 saturated heterocycles. The number of rotatable bonds is 6. The Morgan fingerprint density at radius 3 is 2.89 bits per heavy atom. The zero-order chi connectivity index (χ0) is 13.7. The summed E-state index contributed by atoms with van der Waals surface area (Å²) in [6, 6.07) is 8.05. The first-order chi connectivity index (χ1) is 9.13. The van der Waals surface area contributed by atoms with E-state index in [9.17, 15) is 0 Å². The van der Waals surface area contributed by atoms with E-state index in [0.29, 0.717) is 5.92 Å². The highest BCUT2D eigenvalue weighted by Crippen LogP contribution is 2.18. The van der Waals surface area contributed by atoms with E-state index >= 15 is 0 Å². The van der Waals surface area contributed by atoms with Gasteiger partial charge >= 0.3 is 0 Å². The van der Waals surface area contributed by atoms with Gasteiger partial charge in [0, 0.05) is 37.1 Å². The lowest BCUT2D eigenvalue weighted by Gasteiger charge is -2.10. The molecule has 0 atom stereocenters. The first kappa shape index (κ1) is 13.5. The number of nitrogens with one attached hydrogen (secondary N) is 1. The third kappa shape index (κ3) is 4.32. The Labute approximate surface area is 114 Å². The zero-order valence-electron chi connectivity index (χ0n) is 11.8. The van der Waals surface area contributed by atoms with Crippen molar-refractivity contribution in [2.24, 2.45) is 13.0 Å². The Kier molecular flexibility index (Phi) is 4.44. The van der Waals surface area contributed by atoms with Gasteiger partial charge in [-0.05, 0) is 18.1 Å². The van der Waals surface area contributed by atoms with E-state index < -0.39 is 0 Å². The van der Waals surface area contributed by atoms with E-state index in [4.69, 9.17) is 4.74 Å². The highest BCUT2D eigenvalue weighted by Gasteiger charge is 2.00. The monoisotopic (exact) mass is 259 g/mol. The molecule has 1 N–H and O–H groups in total. The molecule has 0 bridgehead atoms. The van der Waals surface area contributed by atoms with Crippen LogP contribution in [0.5, 0.6) is 5.75 Å². The lowest BCUT2D eigenvalue weighted by Crippen LogP contribution is -2.05. The standard InChI is InChI=1S/C15H21N3O/c1-12(2)11-19-15-6-4-5-14(7-15)16-8-13-9-17-18(3)10-13/h4-7,9-10,12,16H,8,11H2,1-3H3. The number of ether oxygens (including phenoxy) is 1. The summed E-state index contributed by atoms with van der Waals surface area (Å²) in [6.45, 7) is 5.79. The van der Waals surface area contributed by atoms with Gasteiger partial charge in [0.15, 0.2) is 0 Å². The molecule has 4 nitrogen and oxygen atoms in total. The Bertz CT molecular complexity index is 520. The zero-order valence-corrected chi connectivity index (χ0v) is 11.8. The van der Waals surface area contributed by atoms with Crippen LogP contribution in [0, 0.1) is 5.92 Å². The lowest BCUT2D eigenvalue weighted by atomic mass is 10.2. The molecule has 102 valence electrons. The largest absolute Gasteiger partial charge is 0.493 e. The topological polar surface area (TPSA) is 39.1 Å². The van der Waals surface area contributed by atoms with Crippen LogP contribution in [0.15, 0.2) is 36.7 Å². The molecule has 0 fully saturated rings. The van der Waals surface area contributed by atoms with Gasteiger partial charge in [0.05, 0.1) is 12.8 Å². The third-order valence-electron chi connectivity index (χ3n) is 2.67. The molecule has 0 radical (unpaired) electrons. The van der Waals surface area contributed by atoms with Crippen LogP contribution in [0.25, 0.3) is 0 Å². The second-order valence-electron chi connectivity index (χ2n) is 5.11. The normalized spacial score (nSPS) is 10.7. The van der Waals surface area contributed by atoms with Crippen LogP contribution in [-0.4, -0.2) is 16.4 Å². The number of aryl methyl sites for hydroxylation is 1. The average molecular weight is 259 g/mol. The smallest absolute Gasteiger partial charge is 0.121 e. The molecule has 1 heterocycles. The molecule has 0 spiro atoms. The maximum absolute atomic E-state index is 5.71. The summed E-state index contributed by atoms with van der Waals surface area (Å²) in [5, 5.41) is 7.52. The summed E-state index contributed by atoms with van der Waals surface area (Å²) in [6.07, 6.45) is 3.87. The van der Waals surface area contributed by atoms with Crippen molar-refractivity contribution in [3.63, 3.8) is 0 Å². The summed E-state index contributed by atoms with van der Waals surface area (Å²) in [5.74, 6) is 1.44. The average Bonchev–Trinajstić information content (AvgIpc) is 2.80. The number of aromatic nitrogens is 2. The highest BCUT2D eigenvalue weighted by molar-refractivity contribution is 5.48. The number of anilines is 1. The van der Waals surface area contributed by atoms with Crippen molar-refractivity contribution in [2.75, 3.05) is 11.9 Å². The van der Waals surface area contributed by atoms with Gasteiger partial charge in [-0.2, -0.15) is 5.10 Å². The van der Waals surface area contributed by atoms with Crippen molar-refractivity contribution < 1.29 is 4.74 Å². The van der Waals surface area contributed by atoms with E-state index in [1.807, 2.05) is 43.7 Å². The van der Waals surface area contributed by atoms with Crippen LogP contribution in [0.1, 0.15) is 19.4 Å². The molecule has 2 rings (SSSR count). The molecular formula is C15H21N3O. The van der Waals surface area contributed by atoms with Gasteiger partial charge in [0.2, 0.25) is 0 Å². The summed E-state index contributed by atoms with van der Waals surface area (Å²) >= 11 is 0. The van der Waals surface area contributed by atoms with Gasteiger partial charge in [0.1, 0.15) is 5.75 Å². The lowest BCUT2D eigenvalue weighted by molar-refractivity contribution is 0.271. The Morgan fingerprint density at radius 2 is 2.21 bits per heavy atom. The van der Waals surface area contributed by atoms with Crippen LogP contribution in [-0.2, 0) is 13.6 Å². The van der Waals surface area contributed by atoms with Crippen molar-refractivity contribution in [2.45, 2.75) is 20.4 Å². The molecule has 1 aromatic carbocycles. The first-order valence-electron chi connectivity index (χ1n) is 6.58. The van der Waals surface area contributed by atoms with Crippen LogP contribution >= 0.6 is 0 Å². The summed E-state index contributed by atoms with van der Waals surface area (Å²) in [5.41, 5.74) is 2.22. The SMILES string of the molecule is CC(C)COc1cccc(NCc2cnn(C)c2)c1. The van der Waals surface area contributed by atoms with Crippen molar-refractivity contribution in [1.82, 2.24) is 9.78 Å². The maximum atomic E-state index is 5.71. The first-order valence-corrected chi connectivity index (χ1v) is 6.58. The van der Waals surface area contributed by atoms with E-state index in [1.165, 1.54) is 0 Å². The summed E-state index contributed by atoms with van der Waals surface area (Å²) in [4.78, 5) is 0. The van der Waals surface area contributed by atoms with E-state index in [-0.39, 0.29) is 0 Å². The second kappa shape index (κ2) is 6.27. The predicted molar refractivity (Wildman–Crippen MR) is 77.3 cm³/mol. The molecule has 19 heavy (non-hydrogen) atoms. The molecular weight excluding hydrogens is 238 g/mol. The molecule has 1 aromatic heterocycles. The van der Waals surface area contributed by atoms with Crippen molar-refractivity contribution >= 4 is 5.69 Å². The minimum absolute atomic E-state index is 0.534. The second-order valence-corrected chi connectivity index (χ2v) is 5.11. The molecule has 0 unspecified atom stereocenters. The Morgan fingerprint density at radius 1 is 1.37 bits per heavy atom. The Hall–Kier alpha value is -1.97. The molecule has 2 aromatic rings. The van der Waals surface area contributed by atoms with Crippen molar-refractivity contribution in [3.8, 4) is 5.75 Å². The molecule has 0 saturated carbocycles. The van der Waals surface area contributed by atoms with E-state index in [2.05, 4.69) is 24.3 Å². The fourth-order valence-corrected chi connectivity index (χ4v) is 1.73. The van der Waals surface area contributed by atoms with E-state index in [0.717, 1.165) is 30.2 Å². The summed E-state index contributed by atoms with van der Waals surface area (Å²) < 4.78 is 7.51. The van der Waals surface area contributed by atoms with Gasteiger partial charge < -0.3 is 10.1 Å². The van der Waals surface area contributed by atoms with Crippen molar-refractivity contribution in [1.29, 1.82) is 0 Å². The molecule has 0 aliphatic rings. The van der Waals surface area contributed by atoms with E-state index in [1.54, 1.807) is 4.68 Å². The molecule has 0 aliphatic carbocycles. The van der Waals surface area contributed by atoms with Gasteiger partial charge in [-0.25, -0.2) is 0 Å². The summed E-state index contributed by atoms with van der Waals surface area (Å²) in [7, 11) is 1.92. The van der Waals surface area contributed by atoms with Crippen LogP contribution in [0.2, 0.25) is 0 Å². The Balaban J connectivity index is 1.91. The number of hydrogen-bond donors (Lipinski definition) is 1. The fourth-order valence-electron chi connectivity index (χ4n) is 1.73. The molecule has 0 amide bonds. The quantitative estimate of drug-likeness (QED) is 0.866. The molecule has 4 heteroatoms. The van der Waals surface area contributed by atoms with Crippen LogP contribution < -0.4 is 10.1 Å². The fraction of sp³-hybridized carbons (Fsp3) is 0.400. The highest BCUT2D eigenvalue weighted by atomic mass is 16.5. The number of hydrogen-bond acceptors (Lipinski definition) is 3. The van der Waals surface area contributed by atoms with Crippen LogP contribution in [0.3, 0.4) is 0 Å². The van der Waals surface area contributed by atoms with Gasteiger partial charge in [-0.15, -0.1) is 0 Å². The number of nitrogens with zero attached hydrogens (tertiary/aromatic N) is 2. The number of benzene rings is 1. The van der Waals surface area contributed by atoms with Gasteiger partial charge in [0.25, 0.3) is 0 Å². The maximum Gasteiger partial charge on any atom is 0.121 e. The molecule has 0 aliphatic heterocycles. The van der Waals surface area contributed by atoms with Crippen molar-refractivity contribution in [3.05, 3.63) is 42.2 Å². The minimum Gasteiger partial charge on any atom is -0.493 e. The predicted octanol–water partition coefficient (Wildman–Crippen LogP) is 3.07. The van der Waals surface area contributed by atoms with Gasteiger partial charge in [-0.1, -0.05) is 19.9 Å².